The minimum Gasteiger partial charge on any atom is -0.453 e. The molecule has 56 heavy (non-hydrogen) atoms. The molecule has 3 aliphatic rings. The van der Waals surface area contributed by atoms with Crippen LogP contribution in [0.25, 0.3) is 22.4 Å². The molecule has 4 atom stereocenters. The predicted molar refractivity (Wildman–Crippen MR) is 214 cm³/mol. The summed E-state index contributed by atoms with van der Waals surface area (Å²) in [4.78, 5) is 67.1. The molecule has 4 amide bonds. The van der Waals surface area contributed by atoms with Gasteiger partial charge in [0, 0.05) is 31.2 Å². The van der Waals surface area contributed by atoms with Gasteiger partial charge in [-0.1, -0.05) is 80.1 Å². The lowest BCUT2D eigenvalue weighted by atomic mass is 10.0. The van der Waals surface area contributed by atoms with Crippen LogP contribution in [-0.4, -0.2) is 100 Å². The van der Waals surface area contributed by atoms with Gasteiger partial charge in [-0.15, -0.1) is 0 Å². The van der Waals surface area contributed by atoms with Crippen LogP contribution in [0.4, 0.5) is 4.79 Å². The summed E-state index contributed by atoms with van der Waals surface area (Å²) in [5, 5.41) is 5.81. The summed E-state index contributed by atoms with van der Waals surface area (Å²) in [6.45, 7) is 5.85. The van der Waals surface area contributed by atoms with Crippen molar-refractivity contribution in [2.45, 2.75) is 82.5 Å². The van der Waals surface area contributed by atoms with E-state index in [2.05, 4.69) is 32.4 Å². The van der Waals surface area contributed by atoms with E-state index in [-0.39, 0.29) is 35.8 Å². The zero-order valence-corrected chi connectivity index (χ0v) is 32.4. The zero-order valence-electron chi connectivity index (χ0n) is 32.4. The van der Waals surface area contributed by atoms with E-state index in [4.69, 9.17) is 4.74 Å². The maximum absolute atomic E-state index is 13.9. The van der Waals surface area contributed by atoms with Gasteiger partial charge in [-0.25, -0.2) is 9.78 Å². The van der Waals surface area contributed by atoms with Crippen LogP contribution in [0, 0.1) is 0 Å². The number of piperidine rings is 1. The van der Waals surface area contributed by atoms with Crippen molar-refractivity contribution in [2.24, 2.45) is 0 Å². The van der Waals surface area contributed by atoms with Gasteiger partial charge in [-0.2, -0.15) is 0 Å². The van der Waals surface area contributed by atoms with E-state index in [1.165, 1.54) is 13.5 Å². The summed E-state index contributed by atoms with van der Waals surface area (Å²) in [5.74, 6) is 0.562. The van der Waals surface area contributed by atoms with Crippen molar-refractivity contribution >= 4 is 23.8 Å². The molecule has 4 unspecified atom stereocenters. The number of carbonyl (C=O) groups excluding carboxylic acids is 4. The minimum absolute atomic E-state index is 0.0240. The Bertz CT molecular complexity index is 1960. The van der Waals surface area contributed by atoms with Crippen LogP contribution in [0.15, 0.2) is 85.1 Å². The highest BCUT2D eigenvalue weighted by molar-refractivity contribution is 5.95. The van der Waals surface area contributed by atoms with E-state index in [1.54, 1.807) is 11.1 Å². The second kappa shape index (κ2) is 18.0. The average Bonchev–Trinajstić information content (AvgIpc) is 4.05. The number of likely N-dealkylation sites (tertiary alicyclic amines) is 3. The third-order valence-electron chi connectivity index (χ3n) is 11.6. The number of aromatic nitrogens is 2. The quantitative estimate of drug-likeness (QED) is 0.150. The predicted octanol–water partition coefficient (Wildman–Crippen LogP) is 6.49. The maximum atomic E-state index is 13.9. The number of H-pyrrole nitrogens is 1. The lowest BCUT2D eigenvalue weighted by Gasteiger charge is -2.37. The van der Waals surface area contributed by atoms with Crippen molar-refractivity contribution in [1.29, 1.82) is 0 Å². The smallest absolute Gasteiger partial charge is 0.407 e. The molecule has 0 saturated carbocycles. The summed E-state index contributed by atoms with van der Waals surface area (Å²) in [6.07, 6.45) is 8.92. The fourth-order valence-corrected chi connectivity index (χ4v) is 8.56. The average molecular weight is 760 g/mol. The molecule has 7 rings (SSSR count). The number of hydrogen-bond acceptors (Lipinski definition) is 7. The lowest BCUT2D eigenvalue weighted by Crippen LogP contribution is -2.53. The number of nitrogens with zero attached hydrogens (tertiary/aromatic N) is 4. The van der Waals surface area contributed by atoms with Gasteiger partial charge >= 0.3 is 6.09 Å². The van der Waals surface area contributed by atoms with Crippen LogP contribution >= 0.6 is 0 Å². The van der Waals surface area contributed by atoms with Crippen LogP contribution in [-0.2, 0) is 14.3 Å². The summed E-state index contributed by atoms with van der Waals surface area (Å²) >= 11 is 0. The number of aromatic amines is 1. The van der Waals surface area contributed by atoms with E-state index in [9.17, 15) is 19.2 Å². The summed E-state index contributed by atoms with van der Waals surface area (Å²) < 4.78 is 4.82. The Balaban J connectivity index is 0.952. The molecule has 4 heterocycles. The van der Waals surface area contributed by atoms with Crippen molar-refractivity contribution in [3.05, 3.63) is 102 Å². The molecule has 0 aliphatic carbocycles. The Morgan fingerprint density at radius 1 is 0.786 bits per heavy atom. The Morgan fingerprint density at radius 2 is 1.45 bits per heavy atom. The number of carbonyl (C=O) groups is 4. The molecule has 3 saturated heterocycles. The maximum Gasteiger partial charge on any atom is 0.407 e. The topological polar surface area (TPSA) is 140 Å². The zero-order chi connectivity index (χ0) is 39.0. The SMILES string of the molecule is CCC(C(=O)N1CCCC1CNC(=O)c1ccc(-c2ccc(-c3cnc(C4CCCN4C(=O)C(NC(=O)OC)c4ccccc4)[nH]3)cc2)cc1)N1CCCCC1. The van der Waals surface area contributed by atoms with Crippen LogP contribution in [0.1, 0.15) is 92.1 Å². The third-order valence-corrected chi connectivity index (χ3v) is 11.6. The van der Waals surface area contributed by atoms with Gasteiger partial charge in [0.15, 0.2) is 0 Å². The number of rotatable bonds is 12. The molecule has 3 aromatic carbocycles. The van der Waals surface area contributed by atoms with Gasteiger partial charge in [-0.3, -0.25) is 19.3 Å². The highest BCUT2D eigenvalue weighted by Gasteiger charge is 2.38. The molecule has 0 bridgehead atoms. The molecule has 3 N–H and O–H groups in total. The first-order valence-corrected chi connectivity index (χ1v) is 20.1. The highest BCUT2D eigenvalue weighted by atomic mass is 16.5. The summed E-state index contributed by atoms with van der Waals surface area (Å²) in [7, 11) is 1.28. The van der Waals surface area contributed by atoms with Gasteiger partial charge in [0.1, 0.15) is 11.9 Å². The fraction of sp³-hybridized carbons (Fsp3) is 0.432. The molecule has 12 heteroatoms. The number of methoxy groups -OCH3 is 1. The van der Waals surface area contributed by atoms with Crippen molar-refractivity contribution < 1.29 is 23.9 Å². The summed E-state index contributed by atoms with van der Waals surface area (Å²) in [6, 6.07) is 23.7. The third kappa shape index (κ3) is 8.65. The number of benzene rings is 3. The second-order valence-electron chi connectivity index (χ2n) is 15.1. The van der Waals surface area contributed by atoms with E-state index >= 15 is 0 Å². The minimum atomic E-state index is -0.877. The van der Waals surface area contributed by atoms with E-state index in [1.807, 2.05) is 83.8 Å². The van der Waals surface area contributed by atoms with Gasteiger partial charge in [0.05, 0.1) is 31.1 Å². The van der Waals surface area contributed by atoms with Gasteiger partial charge in [0.25, 0.3) is 11.8 Å². The van der Waals surface area contributed by atoms with Crippen LogP contribution in [0.3, 0.4) is 0 Å². The largest absolute Gasteiger partial charge is 0.453 e. The van der Waals surface area contributed by atoms with Crippen LogP contribution in [0.5, 0.6) is 0 Å². The Kier molecular flexibility index (Phi) is 12.4. The lowest BCUT2D eigenvalue weighted by molar-refractivity contribution is -0.138. The molecular formula is C44H53N7O5. The first-order valence-electron chi connectivity index (χ1n) is 20.1. The number of nitrogens with one attached hydrogen (secondary N) is 3. The van der Waals surface area contributed by atoms with Gasteiger partial charge < -0.3 is 30.2 Å². The summed E-state index contributed by atoms with van der Waals surface area (Å²) in [5.41, 5.74) is 5.06. The molecular weight excluding hydrogens is 707 g/mol. The van der Waals surface area contributed by atoms with Gasteiger partial charge in [-0.05, 0) is 92.4 Å². The van der Waals surface area contributed by atoms with Crippen molar-refractivity contribution in [3.8, 4) is 22.4 Å². The van der Waals surface area contributed by atoms with Crippen LogP contribution < -0.4 is 10.6 Å². The second-order valence-corrected chi connectivity index (χ2v) is 15.1. The van der Waals surface area contributed by atoms with E-state index < -0.39 is 12.1 Å². The monoisotopic (exact) mass is 759 g/mol. The number of amides is 4. The molecule has 12 nitrogen and oxygen atoms in total. The van der Waals surface area contributed by atoms with Crippen molar-refractivity contribution in [3.63, 3.8) is 0 Å². The molecule has 1 aromatic heterocycles. The normalized spacial score (nSPS) is 19.7. The van der Waals surface area contributed by atoms with E-state index in [0.717, 1.165) is 87.0 Å². The Morgan fingerprint density at radius 3 is 2.14 bits per heavy atom. The highest BCUT2D eigenvalue weighted by Crippen LogP contribution is 2.34. The van der Waals surface area contributed by atoms with Gasteiger partial charge in [0.2, 0.25) is 5.91 Å². The van der Waals surface area contributed by atoms with Crippen molar-refractivity contribution in [2.75, 3.05) is 39.8 Å². The molecule has 4 aromatic rings. The number of ether oxygens (including phenoxy) is 1. The number of hydrogen-bond donors (Lipinski definition) is 3. The Labute approximate surface area is 329 Å². The standard InChI is InChI=1S/C44H53N7O5/c1-3-37(49-24-8-5-9-25-49)42(53)50-26-10-14-35(50)28-46-41(52)34-22-18-31(19-23-34)30-16-20-32(21-17-30)36-29-45-40(47-36)38-15-11-27-51(38)43(54)39(48-44(55)56-2)33-12-6-4-7-13-33/h4,6-7,12-13,16-23,29,35,37-39H,3,5,8-11,14-15,24-28H2,1-2H3,(H,45,47)(H,46,52)(H,48,55). The first-order chi connectivity index (χ1) is 27.3. The first kappa shape index (κ1) is 38.8. The Hall–Kier alpha value is -5.49. The number of imidazole rings is 1. The number of alkyl carbamates (subject to hydrolysis) is 1. The van der Waals surface area contributed by atoms with E-state index in [0.29, 0.717) is 30.0 Å². The molecule has 3 aliphatic heterocycles. The van der Waals surface area contributed by atoms with Crippen LogP contribution in [0.2, 0.25) is 0 Å². The molecule has 294 valence electrons. The fourth-order valence-electron chi connectivity index (χ4n) is 8.56. The van der Waals surface area contributed by atoms with Crippen molar-refractivity contribution in [1.82, 2.24) is 35.3 Å². The molecule has 0 radical (unpaired) electrons. The molecule has 0 spiro atoms. The molecule has 3 fully saturated rings.